The van der Waals surface area contributed by atoms with Gasteiger partial charge in [-0.1, -0.05) is 49.7 Å². The molecule has 1 aliphatic rings. The summed E-state index contributed by atoms with van der Waals surface area (Å²) in [4.78, 5) is 29.2. The van der Waals surface area contributed by atoms with Crippen molar-refractivity contribution in [2.45, 2.75) is 26.1 Å². The van der Waals surface area contributed by atoms with Crippen LogP contribution in [0.1, 0.15) is 40.9 Å². The van der Waals surface area contributed by atoms with Gasteiger partial charge in [0.2, 0.25) is 5.91 Å². The number of ether oxygens (including phenoxy) is 1. The van der Waals surface area contributed by atoms with Crippen molar-refractivity contribution in [3.63, 3.8) is 0 Å². The van der Waals surface area contributed by atoms with E-state index in [1.165, 1.54) is 17.0 Å². The molecule has 2 amide bonds. The van der Waals surface area contributed by atoms with Crippen LogP contribution in [-0.4, -0.2) is 55.1 Å². The first kappa shape index (κ1) is 23.2. The average Bonchev–Trinajstić information content (AvgIpc) is 2.97. The van der Waals surface area contributed by atoms with Gasteiger partial charge in [-0.05, 0) is 30.8 Å². The summed E-state index contributed by atoms with van der Waals surface area (Å²) in [5.74, 6) is -1.17. The van der Waals surface area contributed by atoms with E-state index in [0.717, 1.165) is 13.1 Å². The molecule has 7 nitrogen and oxygen atoms in total. The van der Waals surface area contributed by atoms with E-state index in [1.54, 1.807) is 25.3 Å². The van der Waals surface area contributed by atoms with E-state index < -0.39 is 17.4 Å². The van der Waals surface area contributed by atoms with E-state index >= 15 is 0 Å². The van der Waals surface area contributed by atoms with Crippen molar-refractivity contribution in [1.29, 1.82) is 0 Å². The first-order valence-corrected chi connectivity index (χ1v) is 10.6. The lowest BCUT2D eigenvalue weighted by atomic mass is 9.84. The molecular weight excluding hydrogens is 418 g/mol. The summed E-state index contributed by atoms with van der Waals surface area (Å²) >= 11 is 6.54. The van der Waals surface area contributed by atoms with E-state index in [4.69, 9.17) is 22.1 Å². The van der Waals surface area contributed by atoms with Crippen LogP contribution in [0.2, 0.25) is 5.02 Å². The molecule has 0 radical (unpaired) electrons. The van der Waals surface area contributed by atoms with Gasteiger partial charge in [-0.2, -0.15) is 0 Å². The van der Waals surface area contributed by atoms with E-state index in [9.17, 15) is 14.7 Å². The number of carbonyl (C=O) groups excluding carboxylic acids is 2. The number of nitrogens with two attached hydrogens (primary N) is 1. The number of rotatable bonds is 9. The zero-order chi connectivity index (χ0) is 22.8. The van der Waals surface area contributed by atoms with Gasteiger partial charge in [-0.3, -0.25) is 9.59 Å². The Labute approximate surface area is 187 Å². The number of anilines is 1. The first-order chi connectivity index (χ1) is 14.8. The molecule has 1 aliphatic heterocycles. The van der Waals surface area contributed by atoms with Crippen LogP contribution in [0.4, 0.5) is 5.69 Å². The third kappa shape index (κ3) is 4.06. The van der Waals surface area contributed by atoms with Gasteiger partial charge in [-0.15, -0.1) is 0 Å². The molecule has 2 aromatic rings. The topological polar surface area (TPSA) is 96.1 Å². The Morgan fingerprint density at radius 1 is 1.26 bits per heavy atom. The lowest BCUT2D eigenvalue weighted by molar-refractivity contribution is -0.132. The number of benzene rings is 2. The molecule has 1 atom stereocenters. The molecule has 31 heavy (non-hydrogen) atoms. The maximum atomic E-state index is 13.7. The first-order valence-electron chi connectivity index (χ1n) is 10.3. The number of methoxy groups -OCH3 is 1. The highest BCUT2D eigenvalue weighted by molar-refractivity contribution is 6.33. The van der Waals surface area contributed by atoms with Crippen molar-refractivity contribution >= 4 is 29.1 Å². The van der Waals surface area contributed by atoms with Gasteiger partial charge < -0.3 is 25.4 Å². The summed E-state index contributed by atoms with van der Waals surface area (Å²) in [5.41, 5.74) is 5.39. The van der Waals surface area contributed by atoms with Crippen molar-refractivity contribution in [2.75, 3.05) is 38.2 Å². The summed E-state index contributed by atoms with van der Waals surface area (Å²) < 4.78 is 5.28. The highest BCUT2D eigenvalue weighted by Gasteiger charge is 2.53. The Morgan fingerprint density at radius 3 is 2.55 bits per heavy atom. The van der Waals surface area contributed by atoms with Crippen molar-refractivity contribution in [3.05, 3.63) is 63.7 Å². The summed E-state index contributed by atoms with van der Waals surface area (Å²) in [6.45, 7) is 6.90. The Kier molecular flexibility index (Phi) is 7.01. The zero-order valence-electron chi connectivity index (χ0n) is 18.0. The third-order valence-corrected chi connectivity index (χ3v) is 6.10. The summed E-state index contributed by atoms with van der Waals surface area (Å²) in [6.07, 6.45) is 0. The van der Waals surface area contributed by atoms with Crippen LogP contribution in [-0.2, 0) is 21.7 Å². The van der Waals surface area contributed by atoms with Crippen LogP contribution < -0.4 is 10.6 Å². The van der Waals surface area contributed by atoms with Crippen LogP contribution in [0.15, 0.2) is 36.4 Å². The van der Waals surface area contributed by atoms with E-state index in [1.807, 2.05) is 19.9 Å². The predicted octanol–water partition coefficient (Wildman–Crippen LogP) is 2.51. The van der Waals surface area contributed by atoms with Gasteiger partial charge in [0.25, 0.3) is 5.91 Å². The minimum Gasteiger partial charge on any atom is -0.380 e. The number of primary amides is 1. The molecular formula is C23H28ClN3O4. The Hall–Kier alpha value is -2.45. The smallest absolute Gasteiger partial charge is 0.268 e. The summed E-state index contributed by atoms with van der Waals surface area (Å²) in [5, 5.41) is 12.0. The van der Waals surface area contributed by atoms with Crippen LogP contribution >= 0.6 is 11.6 Å². The van der Waals surface area contributed by atoms with E-state index in [-0.39, 0.29) is 22.8 Å². The number of aliphatic hydroxyl groups is 1. The monoisotopic (exact) mass is 445 g/mol. The number of carbonyl (C=O) groups is 2. The van der Waals surface area contributed by atoms with E-state index in [0.29, 0.717) is 29.9 Å². The maximum Gasteiger partial charge on any atom is 0.268 e. The third-order valence-electron chi connectivity index (χ3n) is 5.80. The van der Waals surface area contributed by atoms with Gasteiger partial charge in [0.05, 0.1) is 17.3 Å². The minimum atomic E-state index is -2.00. The normalized spacial score (nSPS) is 18.0. The van der Waals surface area contributed by atoms with Gasteiger partial charge in [0.1, 0.15) is 0 Å². The molecule has 1 heterocycles. The highest BCUT2D eigenvalue weighted by atomic mass is 35.5. The second-order valence-corrected chi connectivity index (χ2v) is 7.91. The van der Waals surface area contributed by atoms with Crippen molar-refractivity contribution < 1.29 is 19.4 Å². The predicted molar refractivity (Wildman–Crippen MR) is 120 cm³/mol. The van der Waals surface area contributed by atoms with Crippen LogP contribution in [0.25, 0.3) is 0 Å². The number of likely N-dealkylation sites (N-methyl/N-ethyl adjacent to an activating group) is 1. The molecule has 0 fully saturated rings. The lowest BCUT2D eigenvalue weighted by Crippen LogP contribution is -2.44. The summed E-state index contributed by atoms with van der Waals surface area (Å²) in [7, 11) is 1.55. The van der Waals surface area contributed by atoms with Crippen molar-refractivity contribution in [1.82, 2.24) is 4.90 Å². The SMILES string of the molecule is CCN(CC)CCN1C(=O)C(O)(c2ccccc2COC)c2c(Cl)cc(C(N)=O)cc21. The zero-order valence-corrected chi connectivity index (χ0v) is 18.8. The fourth-order valence-corrected chi connectivity index (χ4v) is 4.48. The number of amides is 2. The van der Waals surface area contributed by atoms with E-state index in [2.05, 4.69) is 4.90 Å². The molecule has 0 saturated carbocycles. The van der Waals surface area contributed by atoms with Crippen molar-refractivity contribution in [2.24, 2.45) is 5.73 Å². The van der Waals surface area contributed by atoms with Gasteiger partial charge in [0.15, 0.2) is 5.60 Å². The average molecular weight is 446 g/mol. The molecule has 166 valence electrons. The quantitative estimate of drug-likeness (QED) is 0.618. The molecule has 8 heteroatoms. The van der Waals surface area contributed by atoms with Gasteiger partial charge in [-0.25, -0.2) is 0 Å². The fourth-order valence-electron chi connectivity index (χ4n) is 4.12. The number of hydrogen-bond acceptors (Lipinski definition) is 5. The fraction of sp³-hybridized carbons (Fsp3) is 0.391. The van der Waals surface area contributed by atoms with Crippen molar-refractivity contribution in [3.8, 4) is 0 Å². The maximum absolute atomic E-state index is 13.7. The number of hydrogen-bond donors (Lipinski definition) is 2. The highest BCUT2D eigenvalue weighted by Crippen LogP contribution is 2.49. The van der Waals surface area contributed by atoms with Crippen LogP contribution in [0, 0.1) is 0 Å². The number of fused-ring (bicyclic) bond motifs is 1. The molecule has 0 aromatic heterocycles. The molecule has 3 rings (SSSR count). The Morgan fingerprint density at radius 2 is 1.94 bits per heavy atom. The summed E-state index contributed by atoms with van der Waals surface area (Å²) in [6, 6.07) is 9.99. The second-order valence-electron chi connectivity index (χ2n) is 7.50. The number of halogens is 1. The second kappa shape index (κ2) is 9.36. The molecule has 0 bridgehead atoms. The molecule has 2 aromatic carbocycles. The minimum absolute atomic E-state index is 0.111. The largest absolute Gasteiger partial charge is 0.380 e. The lowest BCUT2D eigenvalue weighted by Gasteiger charge is -2.27. The molecule has 0 spiro atoms. The molecule has 1 unspecified atom stereocenters. The Bertz CT molecular complexity index is 993. The van der Waals surface area contributed by atoms with Crippen LogP contribution in [0.3, 0.4) is 0 Å². The molecule has 3 N–H and O–H groups in total. The molecule has 0 saturated heterocycles. The van der Waals surface area contributed by atoms with Crippen LogP contribution in [0.5, 0.6) is 0 Å². The van der Waals surface area contributed by atoms with Gasteiger partial charge in [0, 0.05) is 36.9 Å². The Balaban J connectivity index is 2.20. The number of nitrogens with zero attached hydrogens (tertiary/aromatic N) is 2. The standard InChI is InChI=1S/C23H28ClN3O4/c1-4-26(5-2)10-11-27-19-13-16(21(25)28)12-18(24)20(19)23(30,22(27)29)17-9-7-6-8-15(17)14-31-3/h6-9,12-13,30H,4-5,10-11,14H2,1-3H3,(H2,25,28). The van der Waals surface area contributed by atoms with Gasteiger partial charge >= 0.3 is 0 Å². The molecule has 0 aliphatic carbocycles.